The van der Waals surface area contributed by atoms with Gasteiger partial charge >= 0.3 is 0 Å². The van der Waals surface area contributed by atoms with Crippen LogP contribution in [0.3, 0.4) is 0 Å². The van der Waals surface area contributed by atoms with Gasteiger partial charge < -0.3 is 14.6 Å². The first-order valence-corrected chi connectivity index (χ1v) is 11.1. The average Bonchev–Trinajstić information content (AvgIpc) is 3.15. The van der Waals surface area contributed by atoms with Crippen LogP contribution < -0.4 is 14.4 Å². The number of rotatable bonds is 6. The Labute approximate surface area is 207 Å². The van der Waals surface area contributed by atoms with Gasteiger partial charge in [-0.15, -0.1) is 0 Å². The number of carbonyl (C=O) groups is 2. The van der Waals surface area contributed by atoms with Crippen molar-refractivity contribution < 1.29 is 24.2 Å². The highest BCUT2D eigenvalue weighted by Gasteiger charge is 2.47. The van der Waals surface area contributed by atoms with Crippen molar-refractivity contribution >= 4 is 34.7 Å². The molecule has 0 bridgehead atoms. The third-order valence-corrected chi connectivity index (χ3v) is 5.97. The van der Waals surface area contributed by atoms with Gasteiger partial charge in [0, 0.05) is 11.3 Å². The Hall–Kier alpha value is -4.28. The number of halogens is 1. The van der Waals surface area contributed by atoms with Crippen molar-refractivity contribution in [1.82, 2.24) is 0 Å². The van der Waals surface area contributed by atoms with Crippen LogP contribution in [-0.2, 0) is 9.59 Å². The molecule has 1 amide bonds. The second kappa shape index (κ2) is 9.92. The molecular weight excluding hydrogens is 468 g/mol. The van der Waals surface area contributed by atoms with Gasteiger partial charge in [0.05, 0.1) is 42.0 Å². The minimum Gasteiger partial charge on any atom is -0.507 e. The zero-order valence-corrected chi connectivity index (χ0v) is 19.7. The quantitative estimate of drug-likeness (QED) is 0.289. The summed E-state index contributed by atoms with van der Waals surface area (Å²) in [5.41, 5.74) is 1.63. The molecule has 8 heteroatoms. The van der Waals surface area contributed by atoms with E-state index < -0.39 is 17.7 Å². The Bertz CT molecular complexity index is 1360. The Balaban J connectivity index is 1.91. The molecule has 1 atom stereocenters. The van der Waals surface area contributed by atoms with Gasteiger partial charge in [0.25, 0.3) is 11.7 Å². The van der Waals surface area contributed by atoms with Crippen LogP contribution >= 0.6 is 11.6 Å². The maximum absolute atomic E-state index is 13.3. The van der Waals surface area contributed by atoms with Crippen molar-refractivity contribution in [2.24, 2.45) is 0 Å². The Morgan fingerprint density at radius 3 is 2.37 bits per heavy atom. The van der Waals surface area contributed by atoms with Crippen LogP contribution in [0.25, 0.3) is 5.76 Å². The van der Waals surface area contributed by atoms with Crippen LogP contribution in [-0.4, -0.2) is 30.5 Å². The van der Waals surface area contributed by atoms with Crippen LogP contribution in [0.4, 0.5) is 5.69 Å². The summed E-state index contributed by atoms with van der Waals surface area (Å²) >= 11 is 6.19. The number of ether oxygens (including phenoxy) is 2. The van der Waals surface area contributed by atoms with Gasteiger partial charge in [-0.05, 0) is 67.1 Å². The van der Waals surface area contributed by atoms with E-state index in [-0.39, 0.29) is 16.9 Å². The van der Waals surface area contributed by atoms with Gasteiger partial charge in [0.2, 0.25) is 0 Å². The van der Waals surface area contributed by atoms with E-state index >= 15 is 0 Å². The second-order valence-corrected chi connectivity index (χ2v) is 8.09. The number of Topliss-reactive ketones (excluding diaryl/α,β-unsaturated/α-hetero) is 1. The number of aliphatic hydroxyl groups excluding tert-OH is 1. The van der Waals surface area contributed by atoms with Gasteiger partial charge in [0.1, 0.15) is 17.3 Å². The first kappa shape index (κ1) is 23.9. The summed E-state index contributed by atoms with van der Waals surface area (Å²) in [6.45, 7) is 2.16. The lowest BCUT2D eigenvalue weighted by Crippen LogP contribution is -2.29. The number of nitriles is 1. The minimum absolute atomic E-state index is 0.0747. The fourth-order valence-corrected chi connectivity index (χ4v) is 4.14. The highest BCUT2D eigenvalue weighted by atomic mass is 35.5. The van der Waals surface area contributed by atoms with E-state index in [0.29, 0.717) is 39.9 Å². The second-order valence-electron chi connectivity index (χ2n) is 7.68. The minimum atomic E-state index is -0.917. The van der Waals surface area contributed by atoms with E-state index in [1.165, 1.54) is 18.1 Å². The van der Waals surface area contributed by atoms with E-state index in [2.05, 4.69) is 0 Å². The third kappa shape index (κ3) is 4.44. The molecule has 1 unspecified atom stereocenters. The summed E-state index contributed by atoms with van der Waals surface area (Å²) in [7, 11) is 1.54. The first-order chi connectivity index (χ1) is 16.9. The predicted octanol–water partition coefficient (Wildman–Crippen LogP) is 5.25. The van der Waals surface area contributed by atoms with E-state index in [1.54, 1.807) is 67.6 Å². The normalized spacial score (nSPS) is 16.7. The lowest BCUT2D eigenvalue weighted by atomic mass is 9.95. The molecule has 0 radical (unpaired) electrons. The smallest absolute Gasteiger partial charge is 0.300 e. The van der Waals surface area contributed by atoms with Crippen molar-refractivity contribution in [2.45, 2.75) is 13.0 Å². The molecule has 1 aliphatic rings. The molecule has 0 aromatic heterocycles. The number of hydrogen-bond acceptors (Lipinski definition) is 6. The van der Waals surface area contributed by atoms with Crippen molar-refractivity contribution in [3.8, 4) is 17.6 Å². The lowest BCUT2D eigenvalue weighted by Gasteiger charge is -2.25. The van der Waals surface area contributed by atoms with Gasteiger partial charge in [-0.25, -0.2) is 0 Å². The zero-order valence-electron chi connectivity index (χ0n) is 19.0. The molecule has 1 aliphatic heterocycles. The summed E-state index contributed by atoms with van der Waals surface area (Å²) in [5.74, 6) is -1.03. The van der Waals surface area contributed by atoms with Gasteiger partial charge in [0.15, 0.2) is 0 Å². The van der Waals surface area contributed by atoms with Gasteiger partial charge in [-0.1, -0.05) is 23.7 Å². The number of amides is 1. The van der Waals surface area contributed by atoms with Crippen LogP contribution in [0.2, 0.25) is 5.02 Å². The van der Waals surface area contributed by atoms with Crippen LogP contribution in [0.15, 0.2) is 72.3 Å². The molecule has 35 heavy (non-hydrogen) atoms. The molecule has 0 spiro atoms. The van der Waals surface area contributed by atoms with Crippen molar-refractivity contribution in [2.75, 3.05) is 18.6 Å². The number of aliphatic hydroxyl groups is 1. The van der Waals surface area contributed by atoms with Gasteiger partial charge in [-0.2, -0.15) is 5.26 Å². The number of nitrogens with zero attached hydrogens (tertiary/aromatic N) is 2. The van der Waals surface area contributed by atoms with Crippen molar-refractivity contribution in [1.29, 1.82) is 5.26 Å². The zero-order chi connectivity index (χ0) is 25.1. The molecule has 3 aromatic rings. The fraction of sp³-hybridized carbons (Fsp3) is 0.148. The number of carbonyl (C=O) groups excluding carboxylic acids is 2. The lowest BCUT2D eigenvalue weighted by molar-refractivity contribution is -0.132. The van der Waals surface area contributed by atoms with E-state index in [4.69, 9.17) is 26.3 Å². The van der Waals surface area contributed by atoms with E-state index in [1.807, 2.05) is 6.07 Å². The molecular formula is C27H21ClN2O5. The molecule has 0 saturated carbocycles. The monoisotopic (exact) mass is 488 g/mol. The molecule has 176 valence electrons. The highest BCUT2D eigenvalue weighted by molar-refractivity contribution is 6.51. The molecule has 3 aromatic carbocycles. The predicted molar refractivity (Wildman–Crippen MR) is 132 cm³/mol. The highest BCUT2D eigenvalue weighted by Crippen LogP contribution is 2.43. The first-order valence-electron chi connectivity index (χ1n) is 10.8. The summed E-state index contributed by atoms with van der Waals surface area (Å²) in [6.07, 6.45) is 0. The number of methoxy groups -OCH3 is 1. The van der Waals surface area contributed by atoms with Crippen molar-refractivity contribution in [3.05, 3.63) is 94.0 Å². The maximum Gasteiger partial charge on any atom is 0.300 e. The van der Waals surface area contributed by atoms with Gasteiger partial charge in [-0.3, -0.25) is 14.5 Å². The molecule has 4 rings (SSSR count). The van der Waals surface area contributed by atoms with E-state index in [0.717, 1.165) is 0 Å². The standard InChI is InChI=1S/C27H21ClN2O5/c1-3-35-22-14-18(8-13-21(22)28)25(31)23-24(17-6-11-20(34-2)12-7-17)30(27(33)26(23)32)19-9-4-16(15-29)5-10-19/h4-14,24,31H,3H2,1-2H3/b25-23-. The molecule has 1 saturated heterocycles. The molecule has 1 fully saturated rings. The SMILES string of the molecule is CCOc1cc(/C(O)=C2/C(=O)C(=O)N(c3ccc(C#N)cc3)C2c2ccc(OC)cc2)ccc1Cl. The molecule has 7 nitrogen and oxygen atoms in total. The third-order valence-electron chi connectivity index (χ3n) is 5.66. The summed E-state index contributed by atoms with van der Waals surface area (Å²) in [6, 6.07) is 19.0. The number of benzene rings is 3. The number of ketones is 1. The molecule has 1 N–H and O–H groups in total. The van der Waals surface area contributed by atoms with Crippen LogP contribution in [0, 0.1) is 11.3 Å². The Morgan fingerprint density at radius 2 is 1.77 bits per heavy atom. The summed E-state index contributed by atoms with van der Waals surface area (Å²) in [4.78, 5) is 27.8. The molecule has 1 heterocycles. The number of anilines is 1. The summed E-state index contributed by atoms with van der Waals surface area (Å²) < 4.78 is 10.8. The Morgan fingerprint density at radius 1 is 1.09 bits per heavy atom. The van der Waals surface area contributed by atoms with Crippen molar-refractivity contribution in [3.63, 3.8) is 0 Å². The number of hydrogen-bond donors (Lipinski definition) is 1. The van der Waals surface area contributed by atoms with Crippen LogP contribution in [0.1, 0.15) is 29.7 Å². The average molecular weight is 489 g/mol. The van der Waals surface area contributed by atoms with Crippen LogP contribution in [0.5, 0.6) is 11.5 Å². The fourth-order valence-electron chi connectivity index (χ4n) is 3.97. The Kier molecular flexibility index (Phi) is 6.76. The van der Waals surface area contributed by atoms with E-state index in [9.17, 15) is 14.7 Å². The topological polar surface area (TPSA) is 99.9 Å². The molecule has 0 aliphatic carbocycles. The maximum atomic E-state index is 13.3. The largest absolute Gasteiger partial charge is 0.507 e. The summed E-state index contributed by atoms with van der Waals surface area (Å²) in [5, 5.41) is 20.8.